The molecule has 0 spiro atoms. The molecule has 1 aliphatic rings. The Balaban J connectivity index is 1.33. The van der Waals surface area contributed by atoms with Crippen LogP contribution in [-0.4, -0.2) is 37.6 Å². The van der Waals surface area contributed by atoms with Gasteiger partial charge < -0.3 is 24.7 Å². The molecule has 2 aromatic carbocycles. The van der Waals surface area contributed by atoms with Crippen LogP contribution in [-0.2, 0) is 0 Å². The van der Waals surface area contributed by atoms with Gasteiger partial charge in [-0.1, -0.05) is 12.1 Å². The molecule has 1 saturated heterocycles. The molecule has 1 unspecified atom stereocenters. The maximum absolute atomic E-state index is 12.7. The zero-order chi connectivity index (χ0) is 22.5. The van der Waals surface area contributed by atoms with Crippen LogP contribution in [0, 0.1) is 0 Å². The fourth-order valence-electron chi connectivity index (χ4n) is 3.59. The lowest BCUT2D eigenvalue weighted by molar-refractivity contribution is -0.0495. The summed E-state index contributed by atoms with van der Waals surface area (Å²) < 4.78 is 35.0. The first kappa shape index (κ1) is 21.4. The van der Waals surface area contributed by atoms with Gasteiger partial charge in [-0.3, -0.25) is 9.59 Å². The second-order valence-corrected chi connectivity index (χ2v) is 7.26. The van der Waals surface area contributed by atoms with Gasteiger partial charge in [-0.15, -0.1) is 0 Å². The fraction of sp³-hybridized carbons (Fsp3) is 0.217. The van der Waals surface area contributed by atoms with Gasteiger partial charge in [0.2, 0.25) is 0 Å². The number of benzene rings is 2. The van der Waals surface area contributed by atoms with Gasteiger partial charge in [0.15, 0.2) is 5.76 Å². The Labute approximate surface area is 183 Å². The predicted molar refractivity (Wildman–Crippen MR) is 114 cm³/mol. The summed E-state index contributed by atoms with van der Waals surface area (Å²) in [6.07, 6.45) is 2.09. The molecule has 2 N–H and O–H groups in total. The minimum absolute atomic E-state index is 0.113. The molecule has 1 fully saturated rings. The Kier molecular flexibility index (Phi) is 6.34. The summed E-state index contributed by atoms with van der Waals surface area (Å²) in [7, 11) is 0. The van der Waals surface area contributed by atoms with Crippen LogP contribution in [0.4, 0.5) is 20.2 Å². The topological polar surface area (TPSA) is 83.8 Å². The van der Waals surface area contributed by atoms with E-state index in [1.165, 1.54) is 12.3 Å². The lowest BCUT2D eigenvalue weighted by Gasteiger charge is -2.22. The number of para-hydroxylation sites is 2. The molecular weight excluding hydrogens is 420 g/mol. The van der Waals surface area contributed by atoms with Crippen molar-refractivity contribution in [3.63, 3.8) is 0 Å². The molecule has 1 atom stereocenters. The van der Waals surface area contributed by atoms with E-state index in [1.54, 1.807) is 54.6 Å². The Bertz CT molecular complexity index is 1070. The van der Waals surface area contributed by atoms with Crippen LogP contribution in [0.2, 0.25) is 0 Å². The second-order valence-electron chi connectivity index (χ2n) is 7.26. The Morgan fingerprint density at radius 2 is 1.81 bits per heavy atom. The van der Waals surface area contributed by atoms with Crippen molar-refractivity contribution < 1.29 is 27.5 Å². The summed E-state index contributed by atoms with van der Waals surface area (Å²) in [5.41, 5.74) is 1.55. The number of hydrogen-bond donors (Lipinski definition) is 2. The molecule has 1 aliphatic heterocycles. The fourth-order valence-corrected chi connectivity index (χ4v) is 3.59. The maximum atomic E-state index is 12.7. The zero-order valence-corrected chi connectivity index (χ0v) is 17.0. The van der Waals surface area contributed by atoms with Crippen LogP contribution in [0.1, 0.15) is 27.3 Å². The number of halogens is 2. The average molecular weight is 441 g/mol. The zero-order valence-electron chi connectivity index (χ0n) is 17.0. The summed E-state index contributed by atoms with van der Waals surface area (Å²) in [5, 5.41) is 5.66. The van der Waals surface area contributed by atoms with Crippen molar-refractivity contribution in [1.29, 1.82) is 0 Å². The van der Waals surface area contributed by atoms with Crippen molar-refractivity contribution in [3.05, 3.63) is 78.3 Å². The third-order valence-electron chi connectivity index (χ3n) is 5.10. The van der Waals surface area contributed by atoms with E-state index < -0.39 is 6.61 Å². The highest BCUT2D eigenvalue weighted by Crippen LogP contribution is 2.31. The lowest BCUT2D eigenvalue weighted by Crippen LogP contribution is -2.37. The van der Waals surface area contributed by atoms with E-state index in [0.29, 0.717) is 36.4 Å². The summed E-state index contributed by atoms with van der Waals surface area (Å²) in [5.74, 6) is -0.327. The molecule has 0 radical (unpaired) electrons. The average Bonchev–Trinajstić information content (AvgIpc) is 3.47. The van der Waals surface area contributed by atoms with Gasteiger partial charge in [0.25, 0.3) is 11.8 Å². The van der Waals surface area contributed by atoms with E-state index in [4.69, 9.17) is 4.42 Å². The maximum Gasteiger partial charge on any atom is 0.387 e. The number of carbonyl (C=O) groups is 2. The van der Waals surface area contributed by atoms with Gasteiger partial charge in [-0.25, -0.2) is 0 Å². The number of alkyl halides is 2. The molecule has 0 aliphatic carbocycles. The molecule has 166 valence electrons. The number of furan rings is 1. The Morgan fingerprint density at radius 1 is 1.03 bits per heavy atom. The molecule has 0 saturated carbocycles. The van der Waals surface area contributed by atoms with Crippen molar-refractivity contribution in [2.75, 3.05) is 23.3 Å². The van der Waals surface area contributed by atoms with Gasteiger partial charge in [0, 0.05) is 30.4 Å². The summed E-state index contributed by atoms with van der Waals surface area (Å²) in [6.45, 7) is -1.82. The first-order valence-electron chi connectivity index (χ1n) is 10.0. The number of anilines is 2. The molecule has 2 heterocycles. The summed E-state index contributed by atoms with van der Waals surface area (Å²) >= 11 is 0. The number of nitrogens with one attached hydrogen (secondary N) is 2. The number of nitrogens with zero attached hydrogens (tertiary/aromatic N) is 1. The molecule has 32 heavy (non-hydrogen) atoms. The number of carbonyl (C=O) groups excluding carboxylic acids is 2. The Morgan fingerprint density at radius 3 is 2.53 bits per heavy atom. The van der Waals surface area contributed by atoms with Crippen LogP contribution >= 0.6 is 0 Å². The summed E-state index contributed by atoms with van der Waals surface area (Å²) in [4.78, 5) is 26.5. The standard InChI is InChI=1S/C23H21F2N3O4/c24-23(25)32-19-5-2-1-4-18(19)28-12-11-17(14-28)27-21(29)15-7-9-16(10-8-15)26-22(30)20-6-3-13-31-20/h1-10,13,17,23H,11-12,14H2,(H,26,30)(H,27,29). The minimum Gasteiger partial charge on any atom is -0.459 e. The SMILES string of the molecule is O=C(NC1CCN(c2ccccc2OC(F)F)C1)c1ccc(NC(=O)c2ccco2)cc1. The van der Waals surface area contributed by atoms with E-state index in [9.17, 15) is 18.4 Å². The van der Waals surface area contributed by atoms with E-state index in [1.807, 2.05) is 4.90 Å². The number of ether oxygens (including phenoxy) is 1. The molecule has 3 aromatic rings. The molecule has 7 nitrogen and oxygen atoms in total. The molecule has 1 aromatic heterocycles. The van der Waals surface area contributed by atoms with Crippen molar-refractivity contribution in [2.45, 2.75) is 19.1 Å². The van der Waals surface area contributed by atoms with Crippen molar-refractivity contribution in [1.82, 2.24) is 5.32 Å². The predicted octanol–water partition coefficient (Wildman–Crippen LogP) is 4.14. The first-order valence-corrected chi connectivity index (χ1v) is 10.0. The Hall–Kier alpha value is -3.88. The van der Waals surface area contributed by atoms with Gasteiger partial charge in [-0.2, -0.15) is 8.78 Å². The van der Waals surface area contributed by atoms with Crippen molar-refractivity contribution in [3.8, 4) is 5.75 Å². The highest BCUT2D eigenvalue weighted by molar-refractivity contribution is 6.02. The lowest BCUT2D eigenvalue weighted by atomic mass is 10.1. The van der Waals surface area contributed by atoms with Crippen molar-refractivity contribution >= 4 is 23.2 Å². The summed E-state index contributed by atoms with van der Waals surface area (Å²) in [6, 6.07) is 16.2. The normalized spacial score (nSPS) is 15.6. The van der Waals surface area contributed by atoms with E-state index in [2.05, 4.69) is 15.4 Å². The largest absolute Gasteiger partial charge is 0.459 e. The van der Waals surface area contributed by atoms with E-state index >= 15 is 0 Å². The van der Waals surface area contributed by atoms with Crippen LogP contribution in [0.5, 0.6) is 5.75 Å². The van der Waals surface area contributed by atoms with Gasteiger partial charge in [0.1, 0.15) is 5.75 Å². The van der Waals surface area contributed by atoms with Crippen LogP contribution < -0.4 is 20.3 Å². The van der Waals surface area contributed by atoms with Crippen LogP contribution in [0.3, 0.4) is 0 Å². The van der Waals surface area contributed by atoms with Crippen molar-refractivity contribution in [2.24, 2.45) is 0 Å². The van der Waals surface area contributed by atoms with E-state index in [-0.39, 0.29) is 29.4 Å². The van der Waals surface area contributed by atoms with Gasteiger partial charge >= 0.3 is 6.61 Å². The monoisotopic (exact) mass is 441 g/mol. The minimum atomic E-state index is -2.90. The molecule has 4 rings (SSSR count). The number of amides is 2. The number of rotatable bonds is 7. The highest BCUT2D eigenvalue weighted by Gasteiger charge is 2.26. The molecule has 2 amide bonds. The molecule has 9 heteroatoms. The van der Waals surface area contributed by atoms with Gasteiger partial charge in [0.05, 0.1) is 12.0 Å². The smallest absolute Gasteiger partial charge is 0.387 e. The third kappa shape index (κ3) is 5.05. The third-order valence-corrected chi connectivity index (χ3v) is 5.10. The number of hydrogen-bond acceptors (Lipinski definition) is 5. The van der Waals surface area contributed by atoms with Crippen LogP contribution in [0.15, 0.2) is 71.3 Å². The second kappa shape index (κ2) is 9.51. The van der Waals surface area contributed by atoms with Gasteiger partial charge in [-0.05, 0) is 55.0 Å². The highest BCUT2D eigenvalue weighted by atomic mass is 19.3. The van der Waals surface area contributed by atoms with E-state index in [0.717, 1.165) is 0 Å². The molecular formula is C23H21F2N3O4. The van der Waals surface area contributed by atoms with Crippen LogP contribution in [0.25, 0.3) is 0 Å². The first-order chi connectivity index (χ1) is 15.5. The molecule has 0 bridgehead atoms. The quantitative estimate of drug-likeness (QED) is 0.576.